The van der Waals surface area contributed by atoms with E-state index in [0.717, 1.165) is 103 Å². The number of quaternary nitrogens is 1. The fourth-order valence-electron chi connectivity index (χ4n) is 9.71. The molecule has 0 fully saturated rings. The molecule has 0 saturated carbocycles. The third-order valence-corrected chi connectivity index (χ3v) is 16.0. The highest BCUT2D eigenvalue weighted by atomic mass is 31.2. The second-order valence-electron chi connectivity index (χ2n) is 24.3. The summed E-state index contributed by atoms with van der Waals surface area (Å²) < 4.78 is 30.4. The first-order valence-corrected chi connectivity index (χ1v) is 35.9. The molecule has 0 aromatic rings. The van der Waals surface area contributed by atoms with E-state index in [1.807, 2.05) is 33.3 Å². The van der Waals surface area contributed by atoms with E-state index in [2.05, 4.69) is 99.0 Å². The van der Waals surface area contributed by atoms with Crippen LogP contribution in [0.2, 0.25) is 0 Å². The van der Waals surface area contributed by atoms with E-state index in [1.165, 1.54) is 173 Å². The number of carbonyl (C=O) groups is 2. The SMILES string of the molecule is CCCCC/C=C\C/C=C\C/C=C\C/C=C\CCCCCCCCCCCCCC(=O)NC(COP(=O)([O-])OCC[N+](C)(C)C)C(/C=C\CCCCCCCCCCCC)OC(=O)CCCCCCCCC/C=C\C/C=C\CCCCC. The van der Waals surface area contributed by atoms with Gasteiger partial charge in [-0.05, 0) is 109 Å². The first kappa shape index (κ1) is 79.2. The van der Waals surface area contributed by atoms with Gasteiger partial charge in [-0.2, -0.15) is 0 Å². The molecular formula is C72H131N2O7P. The van der Waals surface area contributed by atoms with E-state index in [-0.39, 0.29) is 24.9 Å². The van der Waals surface area contributed by atoms with Crippen molar-refractivity contribution in [2.24, 2.45) is 0 Å². The molecule has 9 nitrogen and oxygen atoms in total. The molecule has 0 spiro atoms. The summed E-state index contributed by atoms with van der Waals surface area (Å²) in [7, 11) is 1.18. The van der Waals surface area contributed by atoms with Gasteiger partial charge >= 0.3 is 5.97 Å². The van der Waals surface area contributed by atoms with Crippen molar-refractivity contribution in [2.75, 3.05) is 40.9 Å². The normalized spacial score (nSPS) is 14.1. The predicted octanol–water partition coefficient (Wildman–Crippen LogP) is 21.1. The lowest BCUT2D eigenvalue weighted by Gasteiger charge is -2.30. The van der Waals surface area contributed by atoms with Gasteiger partial charge in [-0.1, -0.05) is 273 Å². The maximum atomic E-state index is 13.6. The zero-order valence-corrected chi connectivity index (χ0v) is 55.3. The molecule has 1 N–H and O–H groups in total. The summed E-state index contributed by atoms with van der Waals surface area (Å²) in [6, 6.07) is -0.897. The Morgan fingerprint density at radius 2 is 0.744 bits per heavy atom. The minimum atomic E-state index is -4.71. The van der Waals surface area contributed by atoms with Gasteiger partial charge in [0, 0.05) is 12.8 Å². The number of allylic oxidation sites excluding steroid dienone is 13. The third-order valence-electron chi connectivity index (χ3n) is 15.0. The summed E-state index contributed by atoms with van der Waals surface area (Å²) in [6.45, 7) is 6.80. The van der Waals surface area contributed by atoms with Gasteiger partial charge in [0.2, 0.25) is 5.91 Å². The summed E-state index contributed by atoms with van der Waals surface area (Å²) in [5, 5.41) is 3.04. The molecule has 1 amide bonds. The molecule has 0 aliphatic carbocycles. The molecule has 0 aliphatic rings. The molecule has 0 rings (SSSR count). The highest BCUT2D eigenvalue weighted by Crippen LogP contribution is 2.38. The maximum absolute atomic E-state index is 13.6. The Labute approximate surface area is 507 Å². The second-order valence-corrected chi connectivity index (χ2v) is 25.7. The van der Waals surface area contributed by atoms with Crippen molar-refractivity contribution in [3.63, 3.8) is 0 Å². The average Bonchev–Trinajstić information content (AvgIpc) is 3.47. The lowest BCUT2D eigenvalue weighted by Crippen LogP contribution is -2.47. The lowest BCUT2D eigenvalue weighted by atomic mass is 10.0. The summed E-state index contributed by atoms with van der Waals surface area (Å²) in [6.07, 6.45) is 81.2. The van der Waals surface area contributed by atoms with E-state index >= 15 is 0 Å². The molecule has 0 aromatic heterocycles. The molecule has 0 aliphatic heterocycles. The molecule has 3 atom stereocenters. The second kappa shape index (κ2) is 61.3. The largest absolute Gasteiger partial charge is 0.756 e. The average molecular weight is 1170 g/mol. The summed E-state index contributed by atoms with van der Waals surface area (Å²) >= 11 is 0. The van der Waals surface area contributed by atoms with Crippen LogP contribution in [0.1, 0.15) is 310 Å². The minimum Gasteiger partial charge on any atom is -0.756 e. The minimum absolute atomic E-state index is 0.0268. The number of phosphoric acid groups is 1. The van der Waals surface area contributed by atoms with Crippen LogP contribution in [0.25, 0.3) is 0 Å². The van der Waals surface area contributed by atoms with E-state index < -0.39 is 26.6 Å². The van der Waals surface area contributed by atoms with Gasteiger partial charge in [0.15, 0.2) is 0 Å². The Kier molecular flexibility index (Phi) is 59.2. The van der Waals surface area contributed by atoms with E-state index in [0.29, 0.717) is 17.4 Å². The van der Waals surface area contributed by atoms with Gasteiger partial charge in [-0.25, -0.2) is 0 Å². The standard InChI is InChI=1S/C72H131N2O7P/c1-7-10-13-16-19-22-25-28-30-32-33-34-35-36-37-38-39-40-41-43-44-46-49-52-55-58-61-64-71(75)73-69(68-80-82(77,78)79-67-66-74(4,5)6)70(63-60-57-54-51-48-27-24-21-18-15-12-9-3)81-72(76)65-62-59-56-53-50-47-45-42-31-29-26-23-20-17-14-11-8-2/h19-20,22-23,28-31,33-34,36-37,60,63,69-70H,7-18,21,24-27,32,35,38-59,61-62,64-68H2,1-6H3,(H-,73,75,77,78)/b22-19-,23-20-,30-28-,31-29-,34-33-,37-36-,63-60-. The fourth-order valence-corrected chi connectivity index (χ4v) is 10.4. The fraction of sp³-hybridized carbons (Fsp3) is 0.778. The number of amides is 1. The Morgan fingerprint density at radius 1 is 0.427 bits per heavy atom. The number of unbranched alkanes of at least 4 members (excludes halogenated alkanes) is 34. The number of nitrogens with zero attached hydrogens (tertiary/aromatic N) is 1. The van der Waals surface area contributed by atoms with Crippen LogP contribution in [-0.4, -0.2) is 69.4 Å². The zero-order chi connectivity index (χ0) is 60.0. The monoisotopic (exact) mass is 1170 g/mol. The van der Waals surface area contributed by atoms with Gasteiger partial charge in [0.25, 0.3) is 7.82 Å². The number of likely N-dealkylation sites (N-methyl/N-ethyl adjacent to an activating group) is 1. The number of carbonyl (C=O) groups excluding carboxylic acids is 2. The zero-order valence-electron chi connectivity index (χ0n) is 54.4. The van der Waals surface area contributed by atoms with E-state index in [1.54, 1.807) is 0 Å². The number of nitrogens with one attached hydrogen (secondary N) is 1. The van der Waals surface area contributed by atoms with Gasteiger partial charge in [0.1, 0.15) is 19.3 Å². The maximum Gasteiger partial charge on any atom is 0.306 e. The molecule has 10 heteroatoms. The van der Waals surface area contributed by atoms with Crippen LogP contribution in [0.5, 0.6) is 0 Å². The molecule has 0 saturated heterocycles. The van der Waals surface area contributed by atoms with Gasteiger partial charge < -0.3 is 28.5 Å². The van der Waals surface area contributed by atoms with Crippen molar-refractivity contribution in [3.05, 3.63) is 85.1 Å². The first-order chi connectivity index (χ1) is 39.9. The molecule has 0 bridgehead atoms. The molecule has 82 heavy (non-hydrogen) atoms. The summed E-state index contributed by atoms with van der Waals surface area (Å²) in [4.78, 5) is 40.1. The predicted molar refractivity (Wildman–Crippen MR) is 353 cm³/mol. The molecule has 3 unspecified atom stereocenters. The quantitative estimate of drug-likeness (QED) is 0.0212. The van der Waals surface area contributed by atoms with Crippen LogP contribution in [0, 0.1) is 0 Å². The van der Waals surface area contributed by atoms with E-state index in [4.69, 9.17) is 13.8 Å². The number of hydrogen-bond donors (Lipinski definition) is 1. The Morgan fingerprint density at radius 3 is 1.13 bits per heavy atom. The molecule has 0 aromatic carbocycles. The number of ether oxygens (including phenoxy) is 1. The molecular weight excluding hydrogens is 1040 g/mol. The molecule has 0 radical (unpaired) electrons. The van der Waals surface area contributed by atoms with Crippen LogP contribution in [0.4, 0.5) is 0 Å². The Hall–Kier alpha value is -2.81. The summed E-state index contributed by atoms with van der Waals surface area (Å²) in [5.41, 5.74) is 0. The van der Waals surface area contributed by atoms with Crippen molar-refractivity contribution < 1.29 is 37.3 Å². The van der Waals surface area contributed by atoms with E-state index in [9.17, 15) is 19.0 Å². The lowest BCUT2D eigenvalue weighted by molar-refractivity contribution is -0.870. The third kappa shape index (κ3) is 61.7. The van der Waals surface area contributed by atoms with Crippen molar-refractivity contribution >= 4 is 19.7 Å². The molecule has 0 heterocycles. The van der Waals surface area contributed by atoms with Crippen LogP contribution in [-0.2, 0) is 27.9 Å². The van der Waals surface area contributed by atoms with Gasteiger partial charge in [-0.3, -0.25) is 14.2 Å². The van der Waals surface area contributed by atoms with Crippen molar-refractivity contribution in [2.45, 2.75) is 322 Å². The Balaban J connectivity index is 5.08. The van der Waals surface area contributed by atoms with Gasteiger partial charge in [0.05, 0.1) is 33.8 Å². The summed E-state index contributed by atoms with van der Waals surface area (Å²) in [5.74, 6) is -0.549. The number of hydrogen-bond acceptors (Lipinski definition) is 7. The van der Waals surface area contributed by atoms with Crippen LogP contribution in [0.3, 0.4) is 0 Å². The van der Waals surface area contributed by atoms with Crippen LogP contribution in [0.15, 0.2) is 85.1 Å². The topological polar surface area (TPSA) is 114 Å². The Bertz CT molecular complexity index is 1680. The number of phosphoric ester groups is 1. The molecule has 476 valence electrons. The first-order valence-electron chi connectivity index (χ1n) is 34.4. The van der Waals surface area contributed by atoms with Crippen LogP contribution < -0.4 is 10.2 Å². The van der Waals surface area contributed by atoms with Gasteiger partial charge in [-0.15, -0.1) is 0 Å². The highest BCUT2D eigenvalue weighted by molar-refractivity contribution is 7.45. The number of rotatable bonds is 62. The number of esters is 1. The van der Waals surface area contributed by atoms with Crippen LogP contribution >= 0.6 is 7.82 Å². The van der Waals surface area contributed by atoms with Crippen molar-refractivity contribution in [1.29, 1.82) is 0 Å². The van der Waals surface area contributed by atoms with Crippen molar-refractivity contribution in [1.82, 2.24) is 5.32 Å². The van der Waals surface area contributed by atoms with Crippen molar-refractivity contribution in [3.8, 4) is 0 Å². The highest BCUT2D eigenvalue weighted by Gasteiger charge is 2.27. The smallest absolute Gasteiger partial charge is 0.306 e.